The van der Waals surface area contributed by atoms with Crippen molar-refractivity contribution in [3.05, 3.63) is 18.0 Å². The molecular formula is C9H16N2O. The van der Waals surface area contributed by atoms with Crippen molar-refractivity contribution in [1.29, 1.82) is 0 Å². The fourth-order valence-corrected chi connectivity index (χ4v) is 1.13. The van der Waals surface area contributed by atoms with Crippen LogP contribution in [0.25, 0.3) is 0 Å². The van der Waals surface area contributed by atoms with Gasteiger partial charge in [0.15, 0.2) is 0 Å². The SMILES string of the molecule is CC(CO)CCc1ccnn1C. The van der Waals surface area contributed by atoms with Crippen LogP contribution in [0.5, 0.6) is 0 Å². The number of hydrogen-bond donors (Lipinski definition) is 1. The zero-order valence-corrected chi connectivity index (χ0v) is 7.70. The number of aliphatic hydroxyl groups is 1. The van der Waals surface area contributed by atoms with E-state index in [4.69, 9.17) is 5.11 Å². The lowest BCUT2D eigenvalue weighted by molar-refractivity contribution is 0.230. The van der Waals surface area contributed by atoms with Crippen LogP contribution >= 0.6 is 0 Å². The minimum absolute atomic E-state index is 0.276. The molecule has 1 aromatic rings. The van der Waals surface area contributed by atoms with Gasteiger partial charge in [0.1, 0.15) is 0 Å². The molecule has 0 bridgehead atoms. The Morgan fingerprint density at radius 1 is 1.67 bits per heavy atom. The molecule has 1 rings (SSSR count). The summed E-state index contributed by atoms with van der Waals surface area (Å²) in [6.07, 6.45) is 3.83. The summed E-state index contributed by atoms with van der Waals surface area (Å²) in [4.78, 5) is 0. The van der Waals surface area contributed by atoms with E-state index in [1.54, 1.807) is 6.20 Å². The molecule has 12 heavy (non-hydrogen) atoms. The number of aliphatic hydroxyl groups excluding tert-OH is 1. The minimum atomic E-state index is 0.276. The van der Waals surface area contributed by atoms with E-state index in [0.717, 1.165) is 12.8 Å². The third-order valence-electron chi connectivity index (χ3n) is 2.13. The predicted octanol–water partition coefficient (Wildman–Crippen LogP) is 0.981. The lowest BCUT2D eigenvalue weighted by Gasteiger charge is -2.06. The highest BCUT2D eigenvalue weighted by Crippen LogP contribution is 2.07. The van der Waals surface area contributed by atoms with Crippen LogP contribution in [0.3, 0.4) is 0 Å². The van der Waals surface area contributed by atoms with Crippen LogP contribution in [0.4, 0.5) is 0 Å². The monoisotopic (exact) mass is 168 g/mol. The van der Waals surface area contributed by atoms with Crippen molar-refractivity contribution in [1.82, 2.24) is 9.78 Å². The maximum Gasteiger partial charge on any atom is 0.0492 e. The number of nitrogens with zero attached hydrogens (tertiary/aromatic N) is 2. The molecule has 1 N–H and O–H groups in total. The van der Waals surface area contributed by atoms with E-state index in [9.17, 15) is 0 Å². The zero-order chi connectivity index (χ0) is 8.97. The summed E-state index contributed by atoms with van der Waals surface area (Å²) in [7, 11) is 1.94. The summed E-state index contributed by atoms with van der Waals surface area (Å²) in [5.74, 6) is 0.389. The summed E-state index contributed by atoms with van der Waals surface area (Å²) in [6, 6.07) is 2.02. The van der Waals surface area contributed by atoms with Gasteiger partial charge in [-0.3, -0.25) is 4.68 Å². The zero-order valence-electron chi connectivity index (χ0n) is 7.70. The van der Waals surface area contributed by atoms with Gasteiger partial charge in [0, 0.05) is 25.5 Å². The van der Waals surface area contributed by atoms with Crippen molar-refractivity contribution < 1.29 is 5.11 Å². The average molecular weight is 168 g/mol. The van der Waals surface area contributed by atoms with E-state index in [-0.39, 0.29) is 6.61 Å². The fourth-order valence-electron chi connectivity index (χ4n) is 1.13. The maximum absolute atomic E-state index is 8.81. The van der Waals surface area contributed by atoms with Gasteiger partial charge in [-0.1, -0.05) is 6.92 Å². The second-order valence-electron chi connectivity index (χ2n) is 3.27. The number of aromatic nitrogens is 2. The first-order valence-electron chi connectivity index (χ1n) is 4.31. The van der Waals surface area contributed by atoms with Crippen LogP contribution in [0.1, 0.15) is 19.0 Å². The molecule has 1 aromatic heterocycles. The highest BCUT2D eigenvalue weighted by molar-refractivity contribution is 4.99. The molecule has 0 saturated heterocycles. The van der Waals surface area contributed by atoms with Gasteiger partial charge in [0.05, 0.1) is 0 Å². The number of rotatable bonds is 4. The molecule has 68 valence electrons. The standard InChI is InChI=1S/C9H16N2O/c1-8(7-12)3-4-9-5-6-10-11(9)2/h5-6,8,12H,3-4,7H2,1-2H3. The minimum Gasteiger partial charge on any atom is -0.396 e. The Hall–Kier alpha value is -0.830. The molecule has 0 fully saturated rings. The lowest BCUT2D eigenvalue weighted by atomic mass is 10.1. The Morgan fingerprint density at radius 2 is 2.42 bits per heavy atom. The van der Waals surface area contributed by atoms with Crippen molar-refractivity contribution >= 4 is 0 Å². The summed E-state index contributed by atoms with van der Waals surface area (Å²) >= 11 is 0. The molecule has 0 saturated carbocycles. The molecule has 0 aliphatic heterocycles. The van der Waals surface area contributed by atoms with E-state index in [1.165, 1.54) is 5.69 Å². The summed E-state index contributed by atoms with van der Waals surface area (Å²) in [5.41, 5.74) is 1.23. The molecule has 0 aromatic carbocycles. The van der Waals surface area contributed by atoms with Gasteiger partial charge in [-0.05, 0) is 24.8 Å². The first-order valence-corrected chi connectivity index (χ1v) is 4.31. The first kappa shape index (κ1) is 9.26. The summed E-state index contributed by atoms with van der Waals surface area (Å²) in [5, 5.41) is 12.9. The van der Waals surface area contributed by atoms with Crippen LogP contribution in [-0.4, -0.2) is 21.5 Å². The molecule has 3 nitrogen and oxygen atoms in total. The average Bonchev–Trinajstić information content (AvgIpc) is 2.47. The lowest BCUT2D eigenvalue weighted by Crippen LogP contribution is -2.05. The summed E-state index contributed by atoms with van der Waals surface area (Å²) in [6.45, 7) is 2.33. The van der Waals surface area contributed by atoms with Crippen LogP contribution < -0.4 is 0 Å². The molecule has 1 unspecified atom stereocenters. The van der Waals surface area contributed by atoms with Crippen molar-refractivity contribution in [2.45, 2.75) is 19.8 Å². The normalized spacial score (nSPS) is 13.2. The van der Waals surface area contributed by atoms with E-state index >= 15 is 0 Å². The van der Waals surface area contributed by atoms with Gasteiger partial charge in [-0.15, -0.1) is 0 Å². The Bertz CT molecular complexity index is 232. The van der Waals surface area contributed by atoms with Gasteiger partial charge >= 0.3 is 0 Å². The fraction of sp³-hybridized carbons (Fsp3) is 0.667. The Kier molecular flexibility index (Phi) is 3.29. The van der Waals surface area contributed by atoms with Crippen LogP contribution in [0.15, 0.2) is 12.3 Å². The van der Waals surface area contributed by atoms with Gasteiger partial charge in [0.2, 0.25) is 0 Å². The van der Waals surface area contributed by atoms with Gasteiger partial charge < -0.3 is 5.11 Å². The first-order chi connectivity index (χ1) is 5.74. The van der Waals surface area contributed by atoms with Crippen molar-refractivity contribution in [3.63, 3.8) is 0 Å². The maximum atomic E-state index is 8.81. The Labute approximate surface area is 73.0 Å². The second-order valence-corrected chi connectivity index (χ2v) is 3.27. The largest absolute Gasteiger partial charge is 0.396 e. The quantitative estimate of drug-likeness (QED) is 0.727. The molecule has 0 amide bonds. The molecule has 3 heteroatoms. The number of hydrogen-bond acceptors (Lipinski definition) is 2. The molecular weight excluding hydrogens is 152 g/mol. The molecule has 1 atom stereocenters. The van der Waals surface area contributed by atoms with E-state index in [0.29, 0.717) is 5.92 Å². The predicted molar refractivity (Wildman–Crippen MR) is 47.8 cm³/mol. The Balaban J connectivity index is 2.38. The second kappa shape index (κ2) is 4.26. The van der Waals surface area contributed by atoms with Crippen LogP contribution in [0, 0.1) is 5.92 Å². The van der Waals surface area contributed by atoms with Crippen molar-refractivity contribution in [2.24, 2.45) is 13.0 Å². The topological polar surface area (TPSA) is 38.1 Å². The van der Waals surface area contributed by atoms with Gasteiger partial charge in [0.25, 0.3) is 0 Å². The molecule has 0 radical (unpaired) electrons. The third kappa shape index (κ3) is 2.34. The van der Waals surface area contributed by atoms with Crippen LogP contribution in [-0.2, 0) is 13.5 Å². The molecule has 0 spiro atoms. The van der Waals surface area contributed by atoms with Gasteiger partial charge in [-0.25, -0.2) is 0 Å². The van der Waals surface area contributed by atoms with E-state index < -0.39 is 0 Å². The highest BCUT2D eigenvalue weighted by Gasteiger charge is 2.02. The number of aryl methyl sites for hydroxylation is 2. The van der Waals surface area contributed by atoms with E-state index in [1.807, 2.05) is 17.8 Å². The van der Waals surface area contributed by atoms with Crippen molar-refractivity contribution in [2.75, 3.05) is 6.61 Å². The van der Waals surface area contributed by atoms with Crippen molar-refractivity contribution in [3.8, 4) is 0 Å². The van der Waals surface area contributed by atoms with Crippen LogP contribution in [0.2, 0.25) is 0 Å². The molecule has 1 heterocycles. The molecule has 0 aliphatic rings. The van der Waals surface area contributed by atoms with E-state index in [2.05, 4.69) is 12.0 Å². The third-order valence-corrected chi connectivity index (χ3v) is 2.13. The Morgan fingerprint density at radius 3 is 2.92 bits per heavy atom. The summed E-state index contributed by atoms with van der Waals surface area (Å²) < 4.78 is 1.88. The van der Waals surface area contributed by atoms with Gasteiger partial charge in [-0.2, -0.15) is 5.10 Å². The smallest absolute Gasteiger partial charge is 0.0492 e. The highest BCUT2D eigenvalue weighted by atomic mass is 16.3. The molecule has 0 aliphatic carbocycles.